The molecule has 1 heterocycles. The Morgan fingerprint density at radius 2 is 1.75 bits per heavy atom. The van der Waals surface area contributed by atoms with E-state index < -0.39 is 24.7 Å². The maximum Gasteiger partial charge on any atom is 0.429 e. The molecule has 1 aliphatic rings. The molecule has 94 valence electrons. The monoisotopic (exact) mass is 244 g/mol. The van der Waals surface area contributed by atoms with Gasteiger partial charge in [0, 0.05) is 6.54 Å². The molecule has 0 aromatic heterocycles. The summed E-state index contributed by atoms with van der Waals surface area (Å²) < 4.78 is 63.9. The van der Waals surface area contributed by atoms with Crippen LogP contribution in [0.2, 0.25) is 0 Å². The maximum absolute atomic E-state index is 13.0. The molecule has 0 spiro atoms. The Morgan fingerprint density at radius 1 is 1.12 bits per heavy atom. The lowest BCUT2D eigenvalue weighted by Crippen LogP contribution is -2.49. The highest BCUT2D eigenvalue weighted by Crippen LogP contribution is 2.43. The van der Waals surface area contributed by atoms with E-state index in [9.17, 15) is 22.0 Å². The van der Waals surface area contributed by atoms with E-state index in [0.29, 0.717) is 6.42 Å². The fourth-order valence-corrected chi connectivity index (χ4v) is 1.45. The minimum Gasteiger partial charge on any atom is -0.266 e. The van der Waals surface area contributed by atoms with Gasteiger partial charge >= 0.3 is 12.1 Å². The molecule has 16 heavy (non-hydrogen) atoms. The fraction of sp³-hybridized carbons (Fsp3) is 0.889. The third-order valence-electron chi connectivity index (χ3n) is 2.39. The van der Waals surface area contributed by atoms with Gasteiger partial charge in [-0.1, -0.05) is 26.2 Å². The zero-order valence-corrected chi connectivity index (χ0v) is 8.82. The first-order chi connectivity index (χ1) is 7.33. The predicted molar refractivity (Wildman–Crippen MR) is 49.3 cm³/mol. The number of amidine groups is 1. The Kier molecular flexibility index (Phi) is 3.75. The van der Waals surface area contributed by atoms with Crippen LogP contribution in [0.5, 0.6) is 0 Å². The summed E-state index contributed by atoms with van der Waals surface area (Å²) in [5.41, 5.74) is 0. The molecule has 0 saturated heterocycles. The number of unbranched alkanes of at least 4 members (excludes halogenated alkanes) is 3. The van der Waals surface area contributed by atoms with E-state index in [4.69, 9.17) is 0 Å². The van der Waals surface area contributed by atoms with Crippen molar-refractivity contribution in [3.05, 3.63) is 0 Å². The Hall–Kier alpha value is -0.880. The summed E-state index contributed by atoms with van der Waals surface area (Å²) in [5, 5.41) is 0. The molecule has 0 amide bonds. The van der Waals surface area contributed by atoms with E-state index in [1.165, 1.54) is 0 Å². The second kappa shape index (κ2) is 4.55. The highest BCUT2D eigenvalue weighted by atomic mass is 19.3. The van der Waals surface area contributed by atoms with E-state index in [-0.39, 0.29) is 11.3 Å². The highest BCUT2D eigenvalue weighted by molar-refractivity contribution is 5.75. The van der Waals surface area contributed by atoms with Gasteiger partial charge in [-0.05, 0) is 6.42 Å². The second-order valence-electron chi connectivity index (χ2n) is 3.68. The highest BCUT2D eigenvalue weighted by Gasteiger charge is 2.66. The molecule has 2 nitrogen and oxygen atoms in total. The molecule has 0 N–H and O–H groups in total. The quantitative estimate of drug-likeness (QED) is 0.411. The molecule has 7 heteroatoms. The van der Waals surface area contributed by atoms with Crippen molar-refractivity contribution in [3.63, 3.8) is 0 Å². The first kappa shape index (κ1) is 13.2. The van der Waals surface area contributed by atoms with Gasteiger partial charge in [0.05, 0.1) is 0 Å². The molecule has 0 atom stereocenters. The fourth-order valence-electron chi connectivity index (χ4n) is 1.45. The van der Waals surface area contributed by atoms with Crippen LogP contribution in [0, 0.1) is 0 Å². The van der Waals surface area contributed by atoms with Crippen molar-refractivity contribution in [3.8, 4) is 0 Å². The van der Waals surface area contributed by atoms with Crippen molar-refractivity contribution in [1.82, 2.24) is 4.90 Å². The van der Waals surface area contributed by atoms with Gasteiger partial charge in [0.2, 0.25) is 0 Å². The van der Waals surface area contributed by atoms with Gasteiger partial charge in [-0.15, -0.1) is 0 Å². The topological polar surface area (TPSA) is 15.6 Å². The van der Waals surface area contributed by atoms with Crippen LogP contribution in [0.3, 0.4) is 0 Å². The predicted octanol–water partition coefficient (Wildman–Crippen LogP) is 3.39. The zero-order valence-electron chi connectivity index (χ0n) is 8.82. The molecule has 0 bridgehead atoms. The summed E-state index contributed by atoms with van der Waals surface area (Å²) in [6.45, 7) is 1.47. The number of hydrogen-bond donors (Lipinski definition) is 0. The minimum absolute atomic E-state index is 0.239. The van der Waals surface area contributed by atoms with Gasteiger partial charge in [-0.2, -0.15) is 26.9 Å². The number of aliphatic imine (C=N–C) groups is 1. The average Bonchev–Trinajstić information content (AvgIpc) is 2.29. The van der Waals surface area contributed by atoms with E-state index in [1.54, 1.807) is 0 Å². The summed E-state index contributed by atoms with van der Waals surface area (Å²) in [6.07, 6.45) is 0.730. The van der Waals surface area contributed by atoms with E-state index in [2.05, 4.69) is 0 Å². The van der Waals surface area contributed by atoms with Gasteiger partial charge in [-0.25, -0.2) is 0 Å². The molecule has 1 rings (SSSR count). The summed E-state index contributed by atoms with van der Waals surface area (Å²) in [5.74, 6) is 0. The van der Waals surface area contributed by atoms with Gasteiger partial charge in [-0.3, -0.25) is 4.90 Å². The van der Waals surface area contributed by atoms with E-state index >= 15 is 0 Å². The van der Waals surface area contributed by atoms with Crippen molar-refractivity contribution in [1.29, 1.82) is 0 Å². The zero-order chi connectivity index (χ0) is 12.4. The standard InChI is InChI=1S/C9H13F5N2/c1-2-3-4-5-6-16-7(10)15-8(11,12)9(16,13)14/h2-6H2,1H3. The van der Waals surface area contributed by atoms with E-state index in [0.717, 1.165) is 12.8 Å². The van der Waals surface area contributed by atoms with Crippen molar-refractivity contribution >= 4 is 6.09 Å². The summed E-state index contributed by atoms with van der Waals surface area (Å²) in [4.78, 5) is 1.79. The molecule has 0 saturated carbocycles. The van der Waals surface area contributed by atoms with E-state index in [1.807, 2.05) is 11.9 Å². The lowest BCUT2D eigenvalue weighted by Gasteiger charge is -2.26. The molecule has 0 radical (unpaired) electrons. The normalized spacial score (nSPS) is 22.4. The van der Waals surface area contributed by atoms with Crippen LogP contribution in [0.4, 0.5) is 22.0 Å². The lowest BCUT2D eigenvalue weighted by molar-refractivity contribution is -0.248. The van der Waals surface area contributed by atoms with Crippen LogP contribution in [-0.2, 0) is 0 Å². The van der Waals surface area contributed by atoms with Crippen LogP contribution < -0.4 is 0 Å². The lowest BCUT2D eigenvalue weighted by atomic mass is 10.2. The van der Waals surface area contributed by atoms with Crippen molar-refractivity contribution < 1.29 is 22.0 Å². The van der Waals surface area contributed by atoms with Gasteiger partial charge in [0.1, 0.15) is 0 Å². The number of alkyl halides is 4. The first-order valence-electron chi connectivity index (χ1n) is 5.11. The maximum atomic E-state index is 13.0. The molecular weight excluding hydrogens is 231 g/mol. The molecule has 0 fully saturated rings. The van der Waals surface area contributed by atoms with Crippen LogP contribution in [0.15, 0.2) is 4.99 Å². The van der Waals surface area contributed by atoms with Crippen LogP contribution >= 0.6 is 0 Å². The van der Waals surface area contributed by atoms with Crippen LogP contribution in [0.1, 0.15) is 32.6 Å². The number of rotatable bonds is 5. The van der Waals surface area contributed by atoms with Crippen molar-refractivity contribution in [2.45, 2.75) is 44.7 Å². The van der Waals surface area contributed by atoms with Crippen LogP contribution in [-0.4, -0.2) is 29.6 Å². The van der Waals surface area contributed by atoms with Crippen molar-refractivity contribution in [2.24, 2.45) is 4.99 Å². The number of nitrogens with zero attached hydrogens (tertiary/aromatic N) is 2. The Balaban J connectivity index is 2.57. The number of halogens is 5. The third kappa shape index (κ3) is 2.27. The number of hydrogen-bond acceptors (Lipinski definition) is 2. The average molecular weight is 244 g/mol. The summed E-state index contributed by atoms with van der Waals surface area (Å²) in [7, 11) is 0. The Morgan fingerprint density at radius 3 is 2.19 bits per heavy atom. The Labute approximate surface area is 90.1 Å². The minimum atomic E-state index is -4.66. The molecule has 0 aromatic rings. The summed E-state index contributed by atoms with van der Waals surface area (Å²) >= 11 is 0. The van der Waals surface area contributed by atoms with Crippen molar-refractivity contribution in [2.75, 3.05) is 6.54 Å². The Bertz CT molecular complexity index is 277. The first-order valence-corrected chi connectivity index (χ1v) is 5.11. The second-order valence-corrected chi connectivity index (χ2v) is 3.68. The van der Waals surface area contributed by atoms with Gasteiger partial charge in [0.15, 0.2) is 0 Å². The molecular formula is C9H13F5N2. The largest absolute Gasteiger partial charge is 0.429 e. The SMILES string of the molecule is CCCCCCN1C(F)=NC(F)(F)C1(F)F. The smallest absolute Gasteiger partial charge is 0.266 e. The summed E-state index contributed by atoms with van der Waals surface area (Å²) in [6, 6.07) is -9.22. The third-order valence-corrected chi connectivity index (χ3v) is 2.39. The molecule has 0 unspecified atom stereocenters. The van der Waals surface area contributed by atoms with Gasteiger partial charge in [0.25, 0.3) is 6.09 Å². The molecule has 1 aliphatic heterocycles. The van der Waals surface area contributed by atoms with Crippen LogP contribution in [0.25, 0.3) is 0 Å². The van der Waals surface area contributed by atoms with Gasteiger partial charge < -0.3 is 0 Å². The molecule has 0 aromatic carbocycles. The molecule has 0 aliphatic carbocycles.